The van der Waals surface area contributed by atoms with Crippen LogP contribution in [-0.4, -0.2) is 20.7 Å². The Labute approximate surface area is 175 Å². The van der Waals surface area contributed by atoms with E-state index in [1.807, 2.05) is 79.7 Å². The van der Waals surface area contributed by atoms with E-state index in [0.29, 0.717) is 0 Å². The number of nitrogens with zero attached hydrogens (tertiary/aromatic N) is 2. The number of hydrogen-bond acceptors (Lipinski definition) is 3. The summed E-state index contributed by atoms with van der Waals surface area (Å²) in [7, 11) is 0. The van der Waals surface area contributed by atoms with Crippen molar-refractivity contribution in [3.63, 3.8) is 0 Å². The summed E-state index contributed by atoms with van der Waals surface area (Å²) in [6, 6.07) is 26.1. The lowest BCUT2D eigenvalue weighted by molar-refractivity contribution is -0.115. The van der Waals surface area contributed by atoms with Gasteiger partial charge in [0.2, 0.25) is 5.91 Å². The maximum atomic E-state index is 12.9. The van der Waals surface area contributed by atoms with E-state index < -0.39 is 0 Å². The second-order valence-electron chi connectivity index (χ2n) is 6.79. The predicted octanol–water partition coefficient (Wildman–Crippen LogP) is 5.84. The zero-order chi connectivity index (χ0) is 20.2. The molecule has 0 saturated heterocycles. The zero-order valence-corrected chi connectivity index (χ0v) is 17.3. The van der Waals surface area contributed by atoms with E-state index in [1.54, 1.807) is 0 Å². The summed E-state index contributed by atoms with van der Waals surface area (Å²) in [5.74, 6) is -0.0342. The van der Waals surface area contributed by atoms with Gasteiger partial charge in [-0.2, -0.15) is 0 Å². The van der Waals surface area contributed by atoms with Crippen molar-refractivity contribution in [3.05, 3.63) is 78.9 Å². The van der Waals surface area contributed by atoms with Crippen LogP contribution in [0.3, 0.4) is 0 Å². The molecule has 1 N–H and O–H groups in total. The largest absolute Gasteiger partial charge is 0.325 e. The Morgan fingerprint density at radius 3 is 2.48 bits per heavy atom. The monoisotopic (exact) mass is 401 g/mol. The van der Waals surface area contributed by atoms with E-state index in [9.17, 15) is 4.79 Å². The fourth-order valence-electron chi connectivity index (χ4n) is 3.36. The number of thioether (sulfide) groups is 1. The molecule has 1 amide bonds. The third kappa shape index (κ3) is 4.05. The number of fused-ring (bicyclic) bond motifs is 1. The highest BCUT2D eigenvalue weighted by atomic mass is 32.2. The van der Waals surface area contributed by atoms with Crippen LogP contribution in [0.5, 0.6) is 0 Å². The van der Waals surface area contributed by atoms with E-state index >= 15 is 0 Å². The molecular formula is C24H23N3OS. The van der Waals surface area contributed by atoms with Crippen LogP contribution in [0.1, 0.15) is 13.8 Å². The van der Waals surface area contributed by atoms with Crippen molar-refractivity contribution in [2.24, 2.45) is 0 Å². The molecular weight excluding hydrogens is 378 g/mol. The molecule has 0 aliphatic rings. The van der Waals surface area contributed by atoms with Crippen molar-refractivity contribution in [1.82, 2.24) is 9.55 Å². The molecule has 146 valence electrons. The fraction of sp³-hybridized carbons (Fsp3) is 0.167. The Balaban J connectivity index is 1.55. The molecule has 1 atom stereocenters. The first kappa shape index (κ1) is 19.3. The van der Waals surface area contributed by atoms with Crippen LogP contribution >= 0.6 is 11.8 Å². The number of amides is 1. The lowest BCUT2D eigenvalue weighted by Crippen LogP contribution is -2.23. The molecule has 4 nitrogen and oxygen atoms in total. The van der Waals surface area contributed by atoms with Crippen molar-refractivity contribution in [2.75, 3.05) is 5.32 Å². The molecule has 1 aromatic heterocycles. The number of aromatic nitrogens is 2. The Morgan fingerprint density at radius 2 is 1.69 bits per heavy atom. The number of para-hydroxylation sites is 3. The number of anilines is 1. The first-order chi connectivity index (χ1) is 14.2. The number of rotatable bonds is 6. The summed E-state index contributed by atoms with van der Waals surface area (Å²) in [4.78, 5) is 17.7. The van der Waals surface area contributed by atoms with Gasteiger partial charge in [-0.15, -0.1) is 0 Å². The number of imidazole rings is 1. The number of hydrogen-bond donors (Lipinski definition) is 1. The third-order valence-electron chi connectivity index (χ3n) is 4.86. The number of nitrogens with one attached hydrogen (secondary N) is 1. The normalized spacial score (nSPS) is 12.1. The minimum atomic E-state index is -0.277. The van der Waals surface area contributed by atoms with Crippen LogP contribution in [0, 0.1) is 0 Å². The summed E-state index contributed by atoms with van der Waals surface area (Å²) >= 11 is 1.49. The molecule has 0 fully saturated rings. The van der Waals surface area contributed by atoms with Gasteiger partial charge in [-0.05, 0) is 37.6 Å². The molecule has 0 saturated carbocycles. The molecule has 1 heterocycles. The van der Waals surface area contributed by atoms with E-state index in [1.165, 1.54) is 11.8 Å². The summed E-state index contributed by atoms with van der Waals surface area (Å²) in [6.45, 7) is 4.83. The number of carbonyl (C=O) groups excluding carboxylic acids is 1. The molecule has 29 heavy (non-hydrogen) atoms. The second-order valence-corrected chi connectivity index (χ2v) is 8.10. The molecule has 0 spiro atoms. The first-order valence-electron chi connectivity index (χ1n) is 9.74. The lowest BCUT2D eigenvalue weighted by Gasteiger charge is -2.15. The topological polar surface area (TPSA) is 46.9 Å². The van der Waals surface area contributed by atoms with Crippen LogP contribution < -0.4 is 5.32 Å². The summed E-state index contributed by atoms with van der Waals surface area (Å²) in [6.07, 6.45) is 0. The maximum absolute atomic E-state index is 12.9. The molecule has 0 aliphatic heterocycles. The van der Waals surface area contributed by atoms with Gasteiger partial charge in [0.25, 0.3) is 0 Å². The minimum absolute atomic E-state index is 0.0342. The van der Waals surface area contributed by atoms with Gasteiger partial charge in [-0.1, -0.05) is 72.4 Å². The molecule has 3 aromatic carbocycles. The van der Waals surface area contributed by atoms with Crippen molar-refractivity contribution < 1.29 is 4.79 Å². The van der Waals surface area contributed by atoms with E-state index in [4.69, 9.17) is 4.98 Å². The van der Waals surface area contributed by atoms with Crippen molar-refractivity contribution in [3.8, 4) is 11.1 Å². The maximum Gasteiger partial charge on any atom is 0.237 e. The Bertz CT molecular complexity index is 1140. The van der Waals surface area contributed by atoms with Crippen LogP contribution in [0.2, 0.25) is 0 Å². The summed E-state index contributed by atoms with van der Waals surface area (Å²) in [5, 5.41) is 3.69. The average molecular weight is 402 g/mol. The Kier molecular flexibility index (Phi) is 5.67. The van der Waals surface area contributed by atoms with Gasteiger partial charge >= 0.3 is 0 Å². The fourth-order valence-corrected chi connectivity index (χ4v) is 4.34. The molecule has 4 rings (SSSR count). The van der Waals surface area contributed by atoms with Gasteiger partial charge in [0.15, 0.2) is 5.16 Å². The van der Waals surface area contributed by atoms with Crippen molar-refractivity contribution in [1.29, 1.82) is 0 Å². The lowest BCUT2D eigenvalue weighted by atomic mass is 10.0. The molecule has 0 bridgehead atoms. The third-order valence-corrected chi connectivity index (χ3v) is 5.95. The summed E-state index contributed by atoms with van der Waals surface area (Å²) < 4.78 is 2.15. The van der Waals surface area contributed by atoms with Crippen LogP contribution in [0.4, 0.5) is 5.69 Å². The number of benzene rings is 3. The Hall–Kier alpha value is -3.05. The average Bonchev–Trinajstić information content (AvgIpc) is 3.11. The van der Waals surface area contributed by atoms with E-state index in [-0.39, 0.29) is 11.2 Å². The SMILES string of the molecule is CCn1c(S[C@@H](C)C(=O)Nc2ccccc2-c2ccccc2)nc2ccccc21. The molecule has 5 heteroatoms. The number of aryl methyl sites for hydroxylation is 1. The zero-order valence-electron chi connectivity index (χ0n) is 16.5. The van der Waals surface area contributed by atoms with Gasteiger partial charge in [0, 0.05) is 17.8 Å². The van der Waals surface area contributed by atoms with Crippen LogP contribution in [-0.2, 0) is 11.3 Å². The highest BCUT2D eigenvalue weighted by molar-refractivity contribution is 8.00. The van der Waals surface area contributed by atoms with Crippen LogP contribution in [0.15, 0.2) is 84.0 Å². The molecule has 0 unspecified atom stereocenters. The van der Waals surface area contributed by atoms with Gasteiger partial charge in [0.05, 0.1) is 16.3 Å². The van der Waals surface area contributed by atoms with E-state index in [2.05, 4.69) is 22.9 Å². The van der Waals surface area contributed by atoms with Gasteiger partial charge in [-0.3, -0.25) is 4.79 Å². The van der Waals surface area contributed by atoms with Crippen molar-refractivity contribution >= 4 is 34.4 Å². The highest BCUT2D eigenvalue weighted by Gasteiger charge is 2.20. The second kappa shape index (κ2) is 8.53. The van der Waals surface area contributed by atoms with Gasteiger partial charge in [-0.25, -0.2) is 4.98 Å². The highest BCUT2D eigenvalue weighted by Crippen LogP contribution is 2.30. The Morgan fingerprint density at radius 1 is 1.00 bits per heavy atom. The molecule has 4 aromatic rings. The quantitative estimate of drug-likeness (QED) is 0.413. The van der Waals surface area contributed by atoms with Gasteiger partial charge in [0.1, 0.15) is 0 Å². The predicted molar refractivity (Wildman–Crippen MR) is 121 cm³/mol. The minimum Gasteiger partial charge on any atom is -0.325 e. The number of carbonyl (C=O) groups is 1. The van der Waals surface area contributed by atoms with Crippen LogP contribution in [0.25, 0.3) is 22.2 Å². The first-order valence-corrected chi connectivity index (χ1v) is 10.6. The smallest absolute Gasteiger partial charge is 0.237 e. The standard InChI is InChI=1S/C24H23N3OS/c1-3-27-22-16-10-9-15-21(22)26-24(27)29-17(2)23(28)25-20-14-8-7-13-19(20)18-11-5-4-6-12-18/h4-17H,3H2,1-2H3,(H,25,28)/t17-/m0/s1. The van der Waals surface area contributed by atoms with E-state index in [0.717, 1.165) is 39.5 Å². The molecule has 0 aliphatic carbocycles. The molecule has 0 radical (unpaired) electrons. The summed E-state index contributed by atoms with van der Waals surface area (Å²) in [5.41, 5.74) is 4.97. The van der Waals surface area contributed by atoms with Crippen molar-refractivity contribution in [2.45, 2.75) is 30.8 Å². The van der Waals surface area contributed by atoms with Gasteiger partial charge < -0.3 is 9.88 Å².